The summed E-state index contributed by atoms with van der Waals surface area (Å²) in [6.45, 7) is 17.4. The number of anilines is 2. The highest BCUT2D eigenvalue weighted by Gasteiger charge is 2.29. The Labute approximate surface area is 325 Å². The quantitative estimate of drug-likeness (QED) is 0.301. The number of aliphatic imine (C=N–C) groups is 3. The molecule has 1 amide bonds. The molecule has 290 valence electrons. The predicted molar refractivity (Wildman–Crippen MR) is 221 cm³/mol. The Bertz CT molecular complexity index is 2190. The zero-order valence-corrected chi connectivity index (χ0v) is 34.1. The van der Waals surface area contributed by atoms with Gasteiger partial charge >= 0.3 is 12.1 Å². The normalized spacial score (nSPS) is 17.8. The fourth-order valence-electron chi connectivity index (χ4n) is 4.69. The summed E-state index contributed by atoms with van der Waals surface area (Å²) in [5, 5.41) is 13.3. The van der Waals surface area contributed by atoms with E-state index in [0.29, 0.717) is 10.3 Å². The van der Waals surface area contributed by atoms with Gasteiger partial charge in [-0.2, -0.15) is 0 Å². The van der Waals surface area contributed by atoms with Crippen molar-refractivity contribution in [2.45, 2.75) is 84.5 Å². The molecule has 0 radical (unpaired) electrons. The second-order valence-electron chi connectivity index (χ2n) is 15.3. The van der Waals surface area contributed by atoms with E-state index in [9.17, 15) is 24.0 Å². The van der Waals surface area contributed by atoms with E-state index in [4.69, 9.17) is 15.6 Å². The van der Waals surface area contributed by atoms with Gasteiger partial charge < -0.3 is 15.6 Å². The lowest BCUT2D eigenvalue weighted by Gasteiger charge is -2.19. The predicted octanol–water partition coefficient (Wildman–Crippen LogP) is 5.36. The van der Waals surface area contributed by atoms with Gasteiger partial charge in [-0.1, -0.05) is 35.3 Å². The zero-order chi connectivity index (χ0) is 40.2. The average molecular weight is 799 g/mol. The van der Waals surface area contributed by atoms with Crippen LogP contribution in [0.1, 0.15) is 72.7 Å². The summed E-state index contributed by atoms with van der Waals surface area (Å²) >= 11 is 4.56. The maximum absolute atomic E-state index is 12.5. The number of rotatable bonds is 2. The first kappa shape index (κ1) is 42.2. The fraction of sp³-hybridized carbons (Fsp3) is 0.444. The van der Waals surface area contributed by atoms with Crippen LogP contribution in [-0.4, -0.2) is 85.8 Å². The van der Waals surface area contributed by atoms with Gasteiger partial charge in [0, 0.05) is 35.8 Å². The Hall–Kier alpha value is -4.55. The average Bonchev–Trinajstić information content (AvgIpc) is 3.73. The molecule has 3 aliphatic heterocycles. The number of nitrogen functional groups attached to an aromatic ring is 1. The van der Waals surface area contributed by atoms with Gasteiger partial charge in [0.15, 0.2) is 15.5 Å². The highest BCUT2D eigenvalue weighted by Crippen LogP contribution is 2.29. The van der Waals surface area contributed by atoms with Crippen LogP contribution in [0.5, 0.6) is 0 Å². The third kappa shape index (κ3) is 11.2. The molecule has 6 heterocycles. The third-order valence-corrected chi connectivity index (χ3v) is 11.4. The monoisotopic (exact) mass is 798 g/mol. The van der Waals surface area contributed by atoms with E-state index in [1.807, 2.05) is 41.5 Å². The number of nitrogens with one attached hydrogen (secondary N) is 1. The van der Waals surface area contributed by atoms with Crippen molar-refractivity contribution < 1.29 is 19.4 Å². The second-order valence-corrected chi connectivity index (χ2v) is 18.1. The van der Waals surface area contributed by atoms with Crippen LogP contribution < -0.4 is 27.7 Å². The molecule has 3 aliphatic rings. The summed E-state index contributed by atoms with van der Waals surface area (Å²) in [5.74, 6) is 1.28. The summed E-state index contributed by atoms with van der Waals surface area (Å²) in [6, 6.07) is 9.44. The number of carbonyl (C=O) groups is 2. The van der Waals surface area contributed by atoms with Gasteiger partial charge in [-0.25, -0.2) is 9.59 Å². The van der Waals surface area contributed by atoms with Crippen molar-refractivity contribution in [3.8, 4) is 0 Å². The Balaban J connectivity index is 0.000000184. The number of ether oxygens (including phenoxy) is 1. The van der Waals surface area contributed by atoms with Gasteiger partial charge in [0.2, 0.25) is 0 Å². The van der Waals surface area contributed by atoms with Crippen molar-refractivity contribution in [3.63, 3.8) is 0 Å². The molecule has 0 saturated heterocycles. The lowest BCUT2D eigenvalue weighted by Crippen LogP contribution is -2.31. The third-order valence-electron chi connectivity index (χ3n) is 7.21. The second kappa shape index (κ2) is 16.4. The maximum atomic E-state index is 12.5. The molecule has 0 atom stereocenters. The van der Waals surface area contributed by atoms with Gasteiger partial charge in [-0.05, 0) is 98.7 Å². The van der Waals surface area contributed by atoms with Gasteiger partial charge in [-0.15, -0.1) is 0 Å². The molecule has 3 aromatic heterocycles. The summed E-state index contributed by atoms with van der Waals surface area (Å²) in [5.41, 5.74) is 3.59. The Kier molecular flexibility index (Phi) is 12.8. The van der Waals surface area contributed by atoms with Crippen molar-refractivity contribution in [1.82, 2.24) is 13.7 Å². The molecule has 0 fully saturated rings. The molecule has 15 nitrogen and oxygen atoms in total. The first-order chi connectivity index (χ1) is 25.0. The molecule has 0 aromatic carbocycles. The van der Waals surface area contributed by atoms with Crippen molar-refractivity contribution >= 4 is 74.2 Å². The minimum atomic E-state index is -1.22. The van der Waals surface area contributed by atoms with Gasteiger partial charge in [-0.3, -0.25) is 48.4 Å². The Morgan fingerprint density at radius 2 is 1.13 bits per heavy atom. The summed E-state index contributed by atoms with van der Waals surface area (Å²) in [6.07, 6.45) is 4.24. The van der Waals surface area contributed by atoms with Crippen molar-refractivity contribution in [2.24, 2.45) is 15.0 Å². The number of hydrogen-bond donors (Lipinski definition) is 3. The minimum Gasteiger partial charge on any atom is -0.477 e. The van der Waals surface area contributed by atoms with E-state index < -0.39 is 23.2 Å². The van der Waals surface area contributed by atoms with Crippen molar-refractivity contribution in [3.05, 3.63) is 91.6 Å². The van der Waals surface area contributed by atoms with E-state index in [1.165, 1.54) is 43.3 Å². The number of pyridine rings is 3. The smallest absolute Gasteiger partial charge is 0.412 e. The largest absolute Gasteiger partial charge is 0.477 e. The van der Waals surface area contributed by atoms with Crippen molar-refractivity contribution in [1.29, 1.82) is 0 Å². The molecular formula is C36H46N8O7S3. The first-order valence-electron chi connectivity index (χ1n) is 16.8. The highest BCUT2D eigenvalue weighted by atomic mass is 32.2. The van der Waals surface area contributed by atoms with Gasteiger partial charge in [0.25, 0.3) is 16.7 Å². The molecule has 4 N–H and O–H groups in total. The molecule has 3 aromatic rings. The molecule has 0 spiro atoms. The number of nitrogens with two attached hydrogens (primary N) is 1. The van der Waals surface area contributed by atoms with E-state index in [2.05, 4.69) is 20.3 Å². The number of aromatic carboxylic acids is 1. The van der Waals surface area contributed by atoms with Crippen LogP contribution in [-0.2, 0) is 4.74 Å². The van der Waals surface area contributed by atoms with E-state index in [-0.39, 0.29) is 44.7 Å². The lowest BCUT2D eigenvalue weighted by atomic mass is 10.1. The summed E-state index contributed by atoms with van der Waals surface area (Å²) in [7, 11) is 0. The standard InChI is InChI=1S/C15H21N3O3S.C11H12N2O3S.C10H13N3OS/c1-14(2,3)21-13(20)16-10-7-6-8-18(11(10)19)12-17-15(4,5)9-22-12;1-11(2)6-17-10(12-11)13-5-3-4-7(8(13)14)9(15)16;1-10(2)6-15-9(12-10)13-5-3-4-7(11)8(13)14/h6-8H,9H2,1-5H3,(H,16,20);3-5H,6H2,1-2H3,(H,15,16);3-5H,6,11H2,1-2H3. The van der Waals surface area contributed by atoms with Gasteiger partial charge in [0.05, 0.1) is 22.3 Å². The van der Waals surface area contributed by atoms with Gasteiger partial charge in [0.1, 0.15) is 16.9 Å². The fourth-order valence-corrected chi connectivity index (χ4v) is 8.11. The number of nitrogens with zero attached hydrogens (tertiary/aromatic N) is 6. The van der Waals surface area contributed by atoms with Crippen LogP contribution in [0.15, 0.2) is 84.3 Å². The molecule has 0 bridgehead atoms. The first-order valence-corrected chi connectivity index (χ1v) is 19.8. The maximum Gasteiger partial charge on any atom is 0.412 e. The number of amides is 1. The number of carboxylic acids is 1. The van der Waals surface area contributed by atoms with Crippen LogP contribution in [0.25, 0.3) is 0 Å². The summed E-state index contributed by atoms with van der Waals surface area (Å²) < 4.78 is 9.42. The highest BCUT2D eigenvalue weighted by molar-refractivity contribution is 8.14. The van der Waals surface area contributed by atoms with Crippen LogP contribution in [0, 0.1) is 0 Å². The van der Waals surface area contributed by atoms with Crippen LogP contribution in [0.3, 0.4) is 0 Å². The Morgan fingerprint density at radius 3 is 1.54 bits per heavy atom. The van der Waals surface area contributed by atoms with Crippen LogP contribution >= 0.6 is 35.3 Å². The molecule has 0 saturated carbocycles. The molecule has 54 heavy (non-hydrogen) atoms. The molecule has 6 rings (SSSR count). The minimum absolute atomic E-state index is 0.0932. The number of aromatic nitrogens is 3. The number of thioether (sulfide) groups is 3. The van der Waals surface area contributed by atoms with Crippen LogP contribution in [0.4, 0.5) is 16.2 Å². The van der Waals surface area contributed by atoms with E-state index in [0.717, 1.165) is 22.4 Å². The topological polar surface area (TPSA) is 205 Å². The van der Waals surface area contributed by atoms with E-state index in [1.54, 1.807) is 81.5 Å². The molecule has 18 heteroatoms. The number of carbonyl (C=O) groups excluding carboxylic acids is 1. The SMILES string of the molecule is CC1(C)CSC(n2cccc(C(=O)O)c2=O)=N1.CC1(C)CSC(n2cccc(N)c2=O)=N1.CC1(C)CSC(n2cccc(NC(=O)OC(C)(C)C)c2=O)=N1. The van der Waals surface area contributed by atoms with Crippen LogP contribution in [0.2, 0.25) is 0 Å². The molecular weight excluding hydrogens is 753 g/mol. The molecule has 0 aliphatic carbocycles. The molecule has 0 unspecified atom stereocenters. The zero-order valence-electron chi connectivity index (χ0n) is 31.7. The number of carboxylic acid groups (broad SMARTS) is 1. The number of hydrogen-bond acceptors (Lipinski definition) is 13. The Morgan fingerprint density at radius 1 is 0.722 bits per heavy atom. The van der Waals surface area contributed by atoms with E-state index >= 15 is 0 Å². The van der Waals surface area contributed by atoms with Crippen molar-refractivity contribution in [2.75, 3.05) is 28.3 Å². The lowest BCUT2D eigenvalue weighted by molar-refractivity contribution is 0.0633. The summed E-state index contributed by atoms with van der Waals surface area (Å²) in [4.78, 5) is 72.1.